The monoisotopic (exact) mass is 670 g/mol. The molecule has 4 aromatic rings. The topological polar surface area (TPSA) is 143 Å². The second kappa shape index (κ2) is 16.9. The molecule has 47 heavy (non-hydrogen) atoms. The van der Waals surface area contributed by atoms with Crippen molar-refractivity contribution in [2.24, 2.45) is 0 Å². The van der Waals surface area contributed by atoms with Gasteiger partial charge in [0.15, 0.2) is 34.5 Å². The highest BCUT2D eigenvalue weighted by atomic mass is 32.2. The van der Waals surface area contributed by atoms with E-state index in [9.17, 15) is 9.90 Å². The van der Waals surface area contributed by atoms with Crippen LogP contribution in [-0.4, -0.2) is 75.1 Å². The summed E-state index contributed by atoms with van der Waals surface area (Å²) in [6, 6.07) is 16.3. The summed E-state index contributed by atoms with van der Waals surface area (Å²) in [4.78, 5) is 12.3. The maximum absolute atomic E-state index is 10.7. The molecule has 12 nitrogen and oxygen atoms in total. The van der Waals surface area contributed by atoms with E-state index in [0.29, 0.717) is 66.4 Å². The minimum atomic E-state index is -1.18. The second-order valence-electron chi connectivity index (χ2n) is 9.19. The van der Waals surface area contributed by atoms with Crippen molar-refractivity contribution in [2.45, 2.75) is 14.7 Å². The lowest BCUT2D eigenvalue weighted by molar-refractivity contribution is -0.268. The van der Waals surface area contributed by atoms with Gasteiger partial charge in [0.1, 0.15) is 28.1 Å². The number of ether oxygens (including phenoxy) is 9. The van der Waals surface area contributed by atoms with Crippen LogP contribution in [0.3, 0.4) is 0 Å². The SMILES string of the molecule is COc1cc(OC)c([S+](c2c(OC)cc(OC)cc2OC)c2c(OC)cc(OC)cc2OC)c(OC)c1.O=C(O)c1ccccc1[O-]. The third-order valence-electron chi connectivity index (χ3n) is 6.74. The van der Waals surface area contributed by atoms with Gasteiger partial charge in [-0.1, -0.05) is 23.9 Å². The Labute approximate surface area is 276 Å². The second-order valence-corrected chi connectivity index (χ2v) is 11.0. The molecule has 0 aromatic heterocycles. The highest BCUT2D eigenvalue weighted by Crippen LogP contribution is 2.55. The summed E-state index contributed by atoms with van der Waals surface area (Å²) in [7, 11) is 13.2. The zero-order valence-corrected chi connectivity index (χ0v) is 28.4. The van der Waals surface area contributed by atoms with Crippen molar-refractivity contribution in [3.63, 3.8) is 0 Å². The smallest absolute Gasteiger partial charge is 0.335 e. The van der Waals surface area contributed by atoms with Crippen LogP contribution in [-0.2, 0) is 10.9 Å². The molecule has 0 aliphatic heterocycles. The summed E-state index contributed by atoms with van der Waals surface area (Å²) in [6.07, 6.45) is 0. The molecule has 0 saturated carbocycles. The lowest BCUT2D eigenvalue weighted by Crippen LogP contribution is -2.14. The van der Waals surface area contributed by atoms with E-state index >= 15 is 0 Å². The standard InChI is InChI=1S/C27H33O9S.C7H6O3/c1-28-16-10-19(31-4)25(20(11-16)32-5)37(26-21(33-6)12-17(29-2)13-22(26)34-7)27-23(35-8)14-18(30-3)15-24(27)36-9;8-6-4-2-1-3-5(6)7(9)10/h10-15H,1-9H3;1-4,8H,(H,9,10)/q+1;/p-1. The molecule has 0 amide bonds. The van der Waals surface area contributed by atoms with Gasteiger partial charge in [-0.3, -0.25) is 0 Å². The number of benzene rings is 4. The Kier molecular flexibility index (Phi) is 13.0. The predicted octanol–water partition coefficient (Wildman–Crippen LogP) is 5.32. The van der Waals surface area contributed by atoms with Crippen molar-refractivity contribution >= 4 is 16.9 Å². The number of aromatic carboxylic acids is 1. The van der Waals surface area contributed by atoms with Gasteiger partial charge < -0.3 is 52.8 Å². The van der Waals surface area contributed by atoms with Crippen LogP contribution in [0.4, 0.5) is 0 Å². The molecule has 0 heterocycles. The number of hydrogen-bond donors (Lipinski definition) is 1. The first kappa shape index (κ1) is 36.2. The third-order valence-corrected chi connectivity index (χ3v) is 9.17. The molecule has 0 saturated heterocycles. The van der Waals surface area contributed by atoms with Crippen molar-refractivity contribution in [1.29, 1.82) is 0 Å². The fourth-order valence-electron chi connectivity index (χ4n) is 4.47. The number of carboxylic acid groups (broad SMARTS) is 1. The third kappa shape index (κ3) is 7.93. The van der Waals surface area contributed by atoms with Gasteiger partial charge in [0.2, 0.25) is 0 Å². The highest BCUT2D eigenvalue weighted by Gasteiger charge is 2.46. The summed E-state index contributed by atoms with van der Waals surface area (Å²) in [6.45, 7) is 0. The minimum absolute atomic E-state index is 0.178. The molecule has 0 atom stereocenters. The Morgan fingerprint density at radius 2 is 0.787 bits per heavy atom. The van der Waals surface area contributed by atoms with E-state index in [-0.39, 0.29) is 5.56 Å². The molecule has 0 spiro atoms. The Morgan fingerprint density at radius 3 is 0.979 bits per heavy atom. The van der Waals surface area contributed by atoms with Crippen LogP contribution in [0.5, 0.6) is 57.5 Å². The highest BCUT2D eigenvalue weighted by molar-refractivity contribution is 7.97. The van der Waals surface area contributed by atoms with E-state index in [0.717, 1.165) is 0 Å². The van der Waals surface area contributed by atoms with Crippen LogP contribution in [0, 0.1) is 0 Å². The van der Waals surface area contributed by atoms with Gasteiger partial charge in [-0.2, -0.15) is 0 Å². The van der Waals surface area contributed by atoms with Crippen LogP contribution < -0.4 is 47.7 Å². The summed E-state index contributed by atoms with van der Waals surface area (Å²) in [5.74, 6) is 3.26. The molecule has 0 aliphatic rings. The van der Waals surface area contributed by atoms with E-state index in [4.69, 9.17) is 47.7 Å². The molecular formula is C34H38O12S. The fourth-order valence-corrected chi connectivity index (χ4v) is 7.15. The number of rotatable bonds is 13. The van der Waals surface area contributed by atoms with E-state index in [1.807, 2.05) is 0 Å². The molecule has 0 bridgehead atoms. The molecule has 252 valence electrons. The average molecular weight is 671 g/mol. The number of methoxy groups -OCH3 is 9. The molecule has 0 fully saturated rings. The van der Waals surface area contributed by atoms with E-state index in [1.54, 1.807) is 100 Å². The lowest BCUT2D eigenvalue weighted by Gasteiger charge is -2.21. The maximum Gasteiger partial charge on any atom is 0.335 e. The van der Waals surface area contributed by atoms with Crippen molar-refractivity contribution in [2.75, 3.05) is 64.0 Å². The van der Waals surface area contributed by atoms with Crippen LogP contribution in [0.15, 0.2) is 75.4 Å². The normalized spacial score (nSPS) is 10.3. The Hall–Kier alpha value is -5.30. The van der Waals surface area contributed by atoms with E-state index < -0.39 is 22.6 Å². The Balaban J connectivity index is 0.000000511. The van der Waals surface area contributed by atoms with Crippen molar-refractivity contribution in [3.8, 4) is 57.5 Å². The average Bonchev–Trinajstić information content (AvgIpc) is 3.11. The molecule has 0 unspecified atom stereocenters. The van der Waals surface area contributed by atoms with E-state index in [2.05, 4.69) is 0 Å². The number of carbonyl (C=O) groups is 1. The van der Waals surface area contributed by atoms with Gasteiger partial charge >= 0.3 is 5.97 Å². The molecule has 0 aliphatic carbocycles. The molecule has 1 N–H and O–H groups in total. The quantitative estimate of drug-likeness (QED) is 0.184. The van der Waals surface area contributed by atoms with Crippen LogP contribution in [0.25, 0.3) is 0 Å². The summed E-state index contributed by atoms with van der Waals surface area (Å²) in [5, 5.41) is 19.0. The molecule has 4 aromatic carbocycles. The summed E-state index contributed by atoms with van der Waals surface area (Å²) < 4.78 is 51.7. The van der Waals surface area contributed by atoms with Gasteiger partial charge in [0, 0.05) is 36.4 Å². The summed E-state index contributed by atoms with van der Waals surface area (Å²) in [5.41, 5.74) is -0.178. The van der Waals surface area contributed by atoms with Crippen LogP contribution >= 0.6 is 0 Å². The number of para-hydroxylation sites is 1. The van der Waals surface area contributed by atoms with Crippen molar-refractivity contribution < 1.29 is 57.6 Å². The van der Waals surface area contributed by atoms with E-state index in [1.165, 1.54) is 24.3 Å². The van der Waals surface area contributed by atoms with Gasteiger partial charge in [0.25, 0.3) is 14.7 Å². The van der Waals surface area contributed by atoms with Gasteiger partial charge in [-0.15, -0.1) is 0 Å². The van der Waals surface area contributed by atoms with Crippen molar-refractivity contribution in [1.82, 2.24) is 0 Å². The van der Waals surface area contributed by atoms with Crippen LogP contribution in [0.1, 0.15) is 10.4 Å². The molecule has 13 heteroatoms. The largest absolute Gasteiger partial charge is 0.872 e. The fraction of sp³-hybridized carbons (Fsp3) is 0.265. The lowest BCUT2D eigenvalue weighted by atomic mass is 10.2. The van der Waals surface area contributed by atoms with Gasteiger partial charge in [-0.25, -0.2) is 4.79 Å². The molecule has 0 radical (unpaired) electrons. The first-order valence-electron chi connectivity index (χ1n) is 13.8. The minimum Gasteiger partial charge on any atom is -0.872 e. The zero-order chi connectivity index (χ0) is 34.7. The summed E-state index contributed by atoms with van der Waals surface area (Å²) >= 11 is 0. The first-order chi connectivity index (χ1) is 22.7. The van der Waals surface area contributed by atoms with Gasteiger partial charge in [0.05, 0.1) is 69.6 Å². The number of carboxylic acids is 1. The maximum atomic E-state index is 10.7. The van der Waals surface area contributed by atoms with Gasteiger partial charge in [-0.05, 0) is 6.07 Å². The zero-order valence-electron chi connectivity index (χ0n) is 27.6. The predicted molar refractivity (Wildman–Crippen MR) is 173 cm³/mol. The number of hydrogen-bond acceptors (Lipinski definition) is 11. The van der Waals surface area contributed by atoms with Crippen molar-refractivity contribution in [3.05, 3.63) is 66.2 Å². The Morgan fingerprint density at radius 1 is 0.511 bits per heavy atom. The molecular weight excluding hydrogens is 632 g/mol. The Bertz CT molecular complexity index is 1450. The first-order valence-corrected chi connectivity index (χ1v) is 15.0. The van der Waals surface area contributed by atoms with Crippen LogP contribution in [0.2, 0.25) is 0 Å². The molecule has 4 rings (SSSR count).